The number of rotatable bonds is 11. The molecule has 0 aliphatic heterocycles. The normalized spacial score (nSPS) is 12.7. The van der Waals surface area contributed by atoms with Crippen molar-refractivity contribution in [3.05, 3.63) is 87.5 Å². The number of aliphatic carboxylic acids is 1. The molecular weight excluding hydrogens is 492 g/mol. The van der Waals surface area contributed by atoms with Crippen molar-refractivity contribution in [2.75, 3.05) is 20.3 Å². The number of fused-ring (bicyclic) bond motifs is 3. The van der Waals surface area contributed by atoms with E-state index < -0.39 is 23.0 Å². The molecule has 1 aliphatic carbocycles. The summed E-state index contributed by atoms with van der Waals surface area (Å²) in [5.41, 5.74) is 4.46. The highest BCUT2D eigenvalue weighted by Gasteiger charge is 2.30. The molecule has 0 fully saturated rings. The van der Waals surface area contributed by atoms with Crippen LogP contribution in [0.2, 0.25) is 0 Å². The second-order valence-electron chi connectivity index (χ2n) is 8.86. The predicted octanol–water partition coefficient (Wildman–Crippen LogP) is 5.45. The van der Waals surface area contributed by atoms with Crippen LogP contribution in [0, 0.1) is 10.1 Å². The van der Waals surface area contributed by atoms with E-state index in [-0.39, 0.29) is 49.2 Å². The smallest absolute Gasteiger partial charge is 0.407 e. The minimum Gasteiger partial charge on any atom is -0.496 e. The second-order valence-corrected chi connectivity index (χ2v) is 8.86. The van der Waals surface area contributed by atoms with Crippen LogP contribution in [0.4, 0.5) is 10.5 Å². The lowest BCUT2D eigenvalue weighted by Gasteiger charge is -2.19. The number of hydrogen-bond acceptors (Lipinski definition) is 7. The number of carboxylic acids is 1. The van der Waals surface area contributed by atoms with Gasteiger partial charge < -0.3 is 24.6 Å². The third kappa shape index (κ3) is 5.69. The first-order chi connectivity index (χ1) is 18.3. The molecule has 0 heterocycles. The van der Waals surface area contributed by atoms with Crippen LogP contribution in [0.1, 0.15) is 48.4 Å². The Morgan fingerprint density at radius 1 is 1.05 bits per heavy atom. The van der Waals surface area contributed by atoms with Crippen LogP contribution in [0.15, 0.2) is 60.7 Å². The zero-order valence-corrected chi connectivity index (χ0v) is 21.0. The van der Waals surface area contributed by atoms with Gasteiger partial charge in [0.05, 0.1) is 24.7 Å². The summed E-state index contributed by atoms with van der Waals surface area (Å²) in [5, 5.41) is 23.2. The lowest BCUT2D eigenvalue weighted by atomic mass is 9.98. The molecule has 0 spiro atoms. The van der Waals surface area contributed by atoms with Gasteiger partial charge in [0.25, 0.3) is 0 Å². The molecule has 0 saturated carbocycles. The monoisotopic (exact) mass is 520 g/mol. The Morgan fingerprint density at radius 2 is 1.68 bits per heavy atom. The second kappa shape index (κ2) is 11.6. The maximum atomic E-state index is 12.7. The summed E-state index contributed by atoms with van der Waals surface area (Å²) >= 11 is 0. The fraction of sp³-hybridized carbons (Fsp3) is 0.286. The molecule has 0 bridgehead atoms. The van der Waals surface area contributed by atoms with Crippen molar-refractivity contribution in [2.24, 2.45) is 0 Å². The SMILES string of the molecule is COc1cc(OCCCC(=O)O)c([N+](=O)[O-])cc1C(C)NC(=O)OCC1c2ccccc2-c2ccccc21. The highest BCUT2D eigenvalue weighted by atomic mass is 16.6. The van der Waals surface area contributed by atoms with Crippen molar-refractivity contribution < 1.29 is 33.8 Å². The van der Waals surface area contributed by atoms with Crippen molar-refractivity contribution in [1.29, 1.82) is 0 Å². The quantitative estimate of drug-likeness (QED) is 0.194. The number of nitro benzene ring substituents is 1. The number of hydrogen-bond donors (Lipinski definition) is 2. The number of alkyl carbamates (subject to hydrolysis) is 1. The standard InChI is InChI=1S/C28H28N2O8/c1-17(22-14-24(30(34)35)26(15-25(22)36-2)37-13-7-12-27(31)32)29-28(33)38-16-23-20-10-5-3-8-18(20)19-9-4-6-11-21(19)23/h3-6,8-11,14-15,17,23H,7,12-13,16H2,1-2H3,(H,29,33)(H,31,32). The summed E-state index contributed by atoms with van der Waals surface area (Å²) in [6.07, 6.45) is -0.599. The largest absolute Gasteiger partial charge is 0.496 e. The first kappa shape index (κ1) is 26.5. The molecule has 38 heavy (non-hydrogen) atoms. The molecule has 3 aromatic rings. The molecule has 1 aliphatic rings. The fourth-order valence-electron chi connectivity index (χ4n) is 4.64. The highest BCUT2D eigenvalue weighted by Crippen LogP contribution is 2.44. The van der Waals surface area contributed by atoms with Crippen LogP contribution >= 0.6 is 0 Å². The number of carbonyl (C=O) groups is 2. The van der Waals surface area contributed by atoms with Gasteiger partial charge in [-0.1, -0.05) is 48.5 Å². The lowest BCUT2D eigenvalue weighted by molar-refractivity contribution is -0.386. The van der Waals surface area contributed by atoms with E-state index in [0.717, 1.165) is 22.3 Å². The van der Waals surface area contributed by atoms with E-state index in [1.54, 1.807) is 6.92 Å². The van der Waals surface area contributed by atoms with Gasteiger partial charge in [-0.25, -0.2) is 4.79 Å². The summed E-state index contributed by atoms with van der Waals surface area (Å²) in [6.45, 7) is 1.78. The summed E-state index contributed by atoms with van der Waals surface area (Å²) in [7, 11) is 1.40. The zero-order chi connectivity index (χ0) is 27.2. The highest BCUT2D eigenvalue weighted by molar-refractivity contribution is 5.79. The van der Waals surface area contributed by atoms with Crippen molar-refractivity contribution >= 4 is 17.7 Å². The van der Waals surface area contributed by atoms with Gasteiger partial charge in [-0.3, -0.25) is 14.9 Å². The van der Waals surface area contributed by atoms with Gasteiger partial charge >= 0.3 is 17.7 Å². The number of nitrogens with one attached hydrogen (secondary N) is 1. The average molecular weight is 521 g/mol. The summed E-state index contributed by atoms with van der Waals surface area (Å²) in [6, 6.07) is 18.0. The van der Waals surface area contributed by atoms with E-state index in [2.05, 4.69) is 17.4 Å². The maximum Gasteiger partial charge on any atom is 0.407 e. The Morgan fingerprint density at radius 3 is 2.26 bits per heavy atom. The van der Waals surface area contributed by atoms with Gasteiger partial charge in [-0.2, -0.15) is 0 Å². The molecule has 0 saturated heterocycles. The van der Waals surface area contributed by atoms with E-state index >= 15 is 0 Å². The summed E-state index contributed by atoms with van der Waals surface area (Å²) in [4.78, 5) is 34.5. The molecular formula is C28H28N2O8. The fourth-order valence-corrected chi connectivity index (χ4v) is 4.64. The number of benzene rings is 3. The molecule has 1 unspecified atom stereocenters. The molecule has 0 radical (unpaired) electrons. The number of nitrogens with zero attached hydrogens (tertiary/aromatic N) is 1. The zero-order valence-electron chi connectivity index (χ0n) is 21.0. The Hall–Kier alpha value is -4.60. The molecule has 3 aromatic carbocycles. The predicted molar refractivity (Wildman–Crippen MR) is 139 cm³/mol. The van der Waals surface area contributed by atoms with E-state index in [4.69, 9.17) is 19.3 Å². The number of carboxylic acid groups (broad SMARTS) is 1. The molecule has 1 amide bonds. The van der Waals surface area contributed by atoms with Crippen LogP contribution in [-0.2, 0) is 9.53 Å². The van der Waals surface area contributed by atoms with Gasteiger partial charge in [0.15, 0.2) is 0 Å². The van der Waals surface area contributed by atoms with E-state index in [9.17, 15) is 19.7 Å². The van der Waals surface area contributed by atoms with Crippen LogP contribution < -0.4 is 14.8 Å². The number of amides is 1. The number of nitro groups is 1. The summed E-state index contributed by atoms with van der Waals surface area (Å²) in [5.74, 6) is -0.856. The number of carbonyl (C=O) groups excluding carboxylic acids is 1. The lowest BCUT2D eigenvalue weighted by Crippen LogP contribution is -2.29. The van der Waals surface area contributed by atoms with E-state index in [1.807, 2.05) is 36.4 Å². The molecule has 10 heteroatoms. The maximum absolute atomic E-state index is 12.7. The van der Waals surface area contributed by atoms with Crippen LogP contribution in [0.25, 0.3) is 11.1 Å². The first-order valence-corrected chi connectivity index (χ1v) is 12.1. The van der Waals surface area contributed by atoms with Crippen LogP contribution in [-0.4, -0.2) is 42.4 Å². The van der Waals surface area contributed by atoms with Crippen molar-refractivity contribution in [1.82, 2.24) is 5.32 Å². The van der Waals surface area contributed by atoms with Gasteiger partial charge in [0.1, 0.15) is 12.4 Å². The molecule has 0 aromatic heterocycles. The van der Waals surface area contributed by atoms with Crippen molar-refractivity contribution in [2.45, 2.75) is 31.7 Å². The van der Waals surface area contributed by atoms with Gasteiger partial charge in [0.2, 0.25) is 5.75 Å². The Kier molecular flexibility index (Phi) is 8.10. The van der Waals surface area contributed by atoms with E-state index in [0.29, 0.717) is 5.56 Å². The molecule has 198 valence electrons. The topological polar surface area (TPSA) is 137 Å². The van der Waals surface area contributed by atoms with Crippen molar-refractivity contribution in [3.8, 4) is 22.6 Å². The third-order valence-electron chi connectivity index (χ3n) is 6.45. The minimum absolute atomic E-state index is 0.0107. The first-order valence-electron chi connectivity index (χ1n) is 12.1. The Bertz CT molecular complexity index is 1310. The summed E-state index contributed by atoms with van der Waals surface area (Å²) < 4.78 is 16.5. The van der Waals surface area contributed by atoms with Crippen molar-refractivity contribution in [3.63, 3.8) is 0 Å². The van der Waals surface area contributed by atoms with Gasteiger partial charge in [-0.05, 0) is 35.6 Å². The minimum atomic E-state index is -0.982. The molecule has 10 nitrogen and oxygen atoms in total. The van der Waals surface area contributed by atoms with Gasteiger partial charge in [0, 0.05) is 30.0 Å². The number of ether oxygens (including phenoxy) is 3. The number of methoxy groups -OCH3 is 1. The van der Waals surface area contributed by atoms with Gasteiger partial charge in [-0.15, -0.1) is 0 Å². The Balaban J connectivity index is 1.45. The third-order valence-corrected chi connectivity index (χ3v) is 6.45. The molecule has 2 N–H and O–H groups in total. The average Bonchev–Trinajstić information content (AvgIpc) is 3.22. The van der Waals surface area contributed by atoms with Crippen LogP contribution in [0.3, 0.4) is 0 Å². The van der Waals surface area contributed by atoms with Crippen LogP contribution in [0.5, 0.6) is 11.5 Å². The van der Waals surface area contributed by atoms with E-state index in [1.165, 1.54) is 19.2 Å². The molecule has 4 rings (SSSR count). The molecule has 1 atom stereocenters. The Labute approximate surface area is 219 Å².